The number of hydrogen-bond donors (Lipinski definition) is 4. The van der Waals surface area contributed by atoms with E-state index in [-0.39, 0.29) is 18.2 Å². The van der Waals surface area contributed by atoms with Crippen LogP contribution in [-0.2, 0) is 4.79 Å². The van der Waals surface area contributed by atoms with E-state index in [9.17, 15) is 9.59 Å². The Hall–Kier alpha value is -2.41. The van der Waals surface area contributed by atoms with Crippen molar-refractivity contribution in [3.8, 4) is 0 Å². The zero-order chi connectivity index (χ0) is 23.7. The minimum atomic E-state index is -1.64. The first kappa shape index (κ1) is 27.6. The van der Waals surface area contributed by atoms with Gasteiger partial charge in [-0.2, -0.15) is 0 Å². The number of amides is 1. The van der Waals surface area contributed by atoms with E-state index in [0.717, 1.165) is 12.8 Å². The first-order chi connectivity index (χ1) is 15.4. The molecular weight excluding hydrogens is 402 g/mol. The highest BCUT2D eigenvalue weighted by Gasteiger charge is 2.41. The molecule has 7 heteroatoms. The van der Waals surface area contributed by atoms with Crippen molar-refractivity contribution in [2.45, 2.75) is 89.5 Å². The van der Waals surface area contributed by atoms with Crippen LogP contribution in [-0.4, -0.2) is 36.3 Å². The number of nitrogens with zero attached hydrogens (tertiary/aromatic N) is 1. The first-order valence-electron chi connectivity index (χ1n) is 12.1. The lowest BCUT2D eigenvalue weighted by Gasteiger charge is -2.27. The number of nitrogens with two attached hydrogens (primary N) is 3. The maximum absolute atomic E-state index is 13.1. The molecule has 1 rings (SSSR count). The van der Waals surface area contributed by atoms with Gasteiger partial charge in [-0.05, 0) is 19.3 Å². The monoisotopic (exact) mass is 445 g/mol. The summed E-state index contributed by atoms with van der Waals surface area (Å²) in [5.74, 6) is -0.845. The third kappa shape index (κ3) is 10.8. The molecule has 0 saturated heterocycles. The van der Waals surface area contributed by atoms with Crippen molar-refractivity contribution in [2.24, 2.45) is 22.2 Å². The third-order valence-corrected chi connectivity index (χ3v) is 5.69. The van der Waals surface area contributed by atoms with Gasteiger partial charge in [0.25, 0.3) is 0 Å². The molecule has 1 amide bonds. The predicted molar refractivity (Wildman–Crippen MR) is 132 cm³/mol. The molecule has 7 N–H and O–H groups in total. The Morgan fingerprint density at radius 2 is 1.44 bits per heavy atom. The molecule has 0 bridgehead atoms. The van der Waals surface area contributed by atoms with Crippen molar-refractivity contribution in [3.05, 3.63) is 35.9 Å². The second-order valence-corrected chi connectivity index (χ2v) is 8.51. The maximum Gasteiger partial charge on any atom is 0.248 e. The van der Waals surface area contributed by atoms with Crippen LogP contribution < -0.4 is 22.5 Å². The fraction of sp³-hybridized carbons (Fsp3) is 0.640. The van der Waals surface area contributed by atoms with Crippen molar-refractivity contribution < 1.29 is 9.59 Å². The van der Waals surface area contributed by atoms with Crippen LogP contribution in [0.25, 0.3) is 0 Å². The van der Waals surface area contributed by atoms with Crippen LogP contribution in [0.5, 0.6) is 0 Å². The lowest BCUT2D eigenvalue weighted by atomic mass is 9.85. The number of guanidine groups is 1. The van der Waals surface area contributed by atoms with Gasteiger partial charge in [-0.15, -0.1) is 0 Å². The van der Waals surface area contributed by atoms with Crippen LogP contribution in [0.2, 0.25) is 0 Å². The Morgan fingerprint density at radius 3 is 2.00 bits per heavy atom. The Morgan fingerprint density at radius 1 is 0.875 bits per heavy atom. The van der Waals surface area contributed by atoms with Gasteiger partial charge in [-0.3, -0.25) is 14.6 Å². The normalized spacial score (nSPS) is 12.7. The van der Waals surface area contributed by atoms with E-state index in [1.54, 1.807) is 24.3 Å². The second-order valence-electron chi connectivity index (χ2n) is 8.51. The van der Waals surface area contributed by atoms with E-state index in [0.29, 0.717) is 25.1 Å². The number of carbonyl (C=O) groups excluding carboxylic acids is 2. The summed E-state index contributed by atoms with van der Waals surface area (Å²) in [5.41, 5.74) is 15.9. The number of Topliss-reactive ketones (excluding diaryl/α,β-unsaturated/α-hetero) is 1. The van der Waals surface area contributed by atoms with E-state index in [1.165, 1.54) is 51.4 Å². The molecule has 0 aliphatic heterocycles. The van der Waals surface area contributed by atoms with Crippen molar-refractivity contribution >= 4 is 17.6 Å². The molecule has 0 fully saturated rings. The maximum atomic E-state index is 13.1. The van der Waals surface area contributed by atoms with Gasteiger partial charge >= 0.3 is 0 Å². The van der Waals surface area contributed by atoms with Crippen molar-refractivity contribution in [2.75, 3.05) is 13.1 Å². The molecule has 32 heavy (non-hydrogen) atoms. The number of unbranched alkanes of at least 4 members (excludes halogenated alkanes) is 9. The number of benzene rings is 1. The molecule has 0 aliphatic rings. The summed E-state index contributed by atoms with van der Waals surface area (Å²) in [7, 11) is 0. The molecule has 0 aliphatic carbocycles. The number of nitrogens with one attached hydrogen (secondary N) is 1. The Labute approximate surface area is 193 Å². The Balaban J connectivity index is 2.47. The molecule has 1 atom stereocenters. The molecule has 7 nitrogen and oxygen atoms in total. The molecule has 0 unspecified atom stereocenters. The summed E-state index contributed by atoms with van der Waals surface area (Å²) in [5, 5.41) is 2.88. The topological polar surface area (TPSA) is 137 Å². The number of hydrogen-bond acceptors (Lipinski definition) is 4. The van der Waals surface area contributed by atoms with E-state index in [1.807, 2.05) is 6.07 Å². The molecular formula is C25H43N5O2. The average molecular weight is 446 g/mol. The largest absolute Gasteiger partial charge is 0.370 e. The van der Waals surface area contributed by atoms with Gasteiger partial charge < -0.3 is 22.5 Å². The fourth-order valence-electron chi connectivity index (χ4n) is 3.72. The second kappa shape index (κ2) is 16.3. The summed E-state index contributed by atoms with van der Waals surface area (Å²) >= 11 is 0. The molecule has 1 aromatic rings. The zero-order valence-corrected chi connectivity index (χ0v) is 19.8. The fourth-order valence-corrected chi connectivity index (χ4v) is 3.72. The lowest BCUT2D eigenvalue weighted by molar-refractivity contribution is -0.125. The number of rotatable bonds is 18. The Kier molecular flexibility index (Phi) is 14.0. The number of ketones is 1. The zero-order valence-electron chi connectivity index (χ0n) is 19.8. The van der Waals surface area contributed by atoms with E-state index in [2.05, 4.69) is 17.2 Å². The highest BCUT2D eigenvalue weighted by Crippen LogP contribution is 2.18. The molecule has 0 radical (unpaired) electrons. The smallest absolute Gasteiger partial charge is 0.248 e. The molecule has 0 aromatic heterocycles. The van der Waals surface area contributed by atoms with Crippen LogP contribution in [0.1, 0.15) is 94.3 Å². The first-order valence-corrected chi connectivity index (χ1v) is 12.1. The van der Waals surface area contributed by atoms with Crippen LogP contribution in [0.15, 0.2) is 35.3 Å². The minimum Gasteiger partial charge on any atom is -0.370 e. The highest BCUT2D eigenvalue weighted by atomic mass is 16.2. The van der Waals surface area contributed by atoms with Gasteiger partial charge in [0.15, 0.2) is 17.3 Å². The van der Waals surface area contributed by atoms with Gasteiger partial charge in [0.05, 0.1) is 0 Å². The van der Waals surface area contributed by atoms with E-state index >= 15 is 0 Å². The predicted octanol–water partition coefficient (Wildman–Crippen LogP) is 3.66. The summed E-state index contributed by atoms with van der Waals surface area (Å²) in [6.07, 6.45) is 12.8. The van der Waals surface area contributed by atoms with Crippen molar-refractivity contribution in [3.63, 3.8) is 0 Å². The van der Waals surface area contributed by atoms with Gasteiger partial charge in [0, 0.05) is 18.7 Å². The number of aliphatic imine (C=N–C) groups is 1. The van der Waals surface area contributed by atoms with Gasteiger partial charge in [0.2, 0.25) is 5.91 Å². The van der Waals surface area contributed by atoms with Crippen molar-refractivity contribution in [1.82, 2.24) is 5.32 Å². The summed E-state index contributed by atoms with van der Waals surface area (Å²) in [6.45, 7) is 3.07. The minimum absolute atomic E-state index is 0.0209. The molecule has 180 valence electrons. The van der Waals surface area contributed by atoms with Gasteiger partial charge in [-0.1, -0.05) is 95.0 Å². The lowest BCUT2D eigenvalue weighted by Crippen LogP contribution is -2.59. The molecule has 0 spiro atoms. The van der Waals surface area contributed by atoms with E-state index in [4.69, 9.17) is 17.2 Å². The molecule has 0 heterocycles. The Bertz CT molecular complexity index is 689. The standard InChI is InChI=1S/C25H43N5O2/c1-2-3-4-5-6-7-8-9-10-14-19-29-23(32)25(28,18-15-20-30-24(26)27)22(31)21-16-12-11-13-17-21/h11-13,16-17H,2-10,14-15,18-20,28H2,1H3,(H,29,32)(H4,26,27,30)/t25-/m1/s1. The van der Waals surface area contributed by atoms with Crippen LogP contribution in [0, 0.1) is 0 Å². The van der Waals surface area contributed by atoms with Crippen LogP contribution in [0.3, 0.4) is 0 Å². The van der Waals surface area contributed by atoms with Crippen LogP contribution >= 0.6 is 0 Å². The SMILES string of the molecule is CCCCCCCCCCCCNC(=O)[C@@](N)(CCCN=C(N)N)C(=O)c1ccccc1. The summed E-state index contributed by atoms with van der Waals surface area (Å²) < 4.78 is 0. The molecule has 0 saturated carbocycles. The van der Waals surface area contributed by atoms with Gasteiger partial charge in [-0.25, -0.2) is 0 Å². The number of carbonyl (C=O) groups is 2. The molecule has 1 aromatic carbocycles. The van der Waals surface area contributed by atoms with Crippen molar-refractivity contribution in [1.29, 1.82) is 0 Å². The third-order valence-electron chi connectivity index (χ3n) is 5.69. The van der Waals surface area contributed by atoms with Gasteiger partial charge in [0.1, 0.15) is 0 Å². The summed E-state index contributed by atoms with van der Waals surface area (Å²) in [4.78, 5) is 29.9. The average Bonchev–Trinajstić information content (AvgIpc) is 2.79. The highest BCUT2D eigenvalue weighted by molar-refractivity contribution is 6.17. The summed E-state index contributed by atoms with van der Waals surface area (Å²) in [6, 6.07) is 8.69. The van der Waals surface area contributed by atoms with Crippen LogP contribution in [0.4, 0.5) is 0 Å². The quantitative estimate of drug-likeness (QED) is 0.0898. The van der Waals surface area contributed by atoms with E-state index < -0.39 is 11.4 Å².